The second-order valence-corrected chi connectivity index (χ2v) is 5.37. The van der Waals surface area contributed by atoms with Crippen LogP contribution in [0.5, 0.6) is 0 Å². The summed E-state index contributed by atoms with van der Waals surface area (Å²) in [5.41, 5.74) is 6.46. The van der Waals surface area contributed by atoms with E-state index in [2.05, 4.69) is 27.8 Å². The van der Waals surface area contributed by atoms with Gasteiger partial charge in [-0.05, 0) is 40.4 Å². The van der Waals surface area contributed by atoms with Gasteiger partial charge in [-0.2, -0.15) is 0 Å². The summed E-state index contributed by atoms with van der Waals surface area (Å²) < 4.78 is 0.734. The van der Waals surface area contributed by atoms with Crippen LogP contribution in [0, 0.1) is 5.92 Å². The minimum absolute atomic E-state index is 0.0418. The molecule has 1 aromatic heterocycles. The van der Waals surface area contributed by atoms with Gasteiger partial charge in [-0.1, -0.05) is 6.92 Å². The lowest BCUT2D eigenvalue weighted by Crippen LogP contribution is -2.49. The molecule has 0 aromatic carbocycles. The van der Waals surface area contributed by atoms with Crippen molar-refractivity contribution in [2.45, 2.75) is 19.4 Å². The summed E-state index contributed by atoms with van der Waals surface area (Å²) in [4.78, 5) is 18.2. The number of nitrogens with two attached hydrogens (primary N) is 1. The third kappa shape index (κ3) is 2.66. The van der Waals surface area contributed by atoms with Crippen molar-refractivity contribution in [2.24, 2.45) is 11.7 Å². The van der Waals surface area contributed by atoms with Crippen LogP contribution in [0.25, 0.3) is 0 Å². The Morgan fingerprint density at radius 1 is 1.65 bits per heavy atom. The molecule has 2 rings (SSSR count). The minimum Gasteiger partial charge on any atom is -0.336 e. The number of likely N-dealkylation sites (tertiary alicyclic amines) is 1. The third-order valence-corrected chi connectivity index (χ3v) is 3.90. The molecule has 5 heteroatoms. The van der Waals surface area contributed by atoms with Crippen molar-refractivity contribution in [2.75, 3.05) is 13.1 Å². The molecule has 17 heavy (non-hydrogen) atoms. The predicted octanol–water partition coefficient (Wildman–Crippen LogP) is 1.65. The Hall–Kier alpha value is -0.940. The maximum absolute atomic E-state index is 12.3. The molecule has 1 aliphatic heterocycles. The molecule has 1 aromatic rings. The van der Waals surface area contributed by atoms with Gasteiger partial charge >= 0.3 is 0 Å². The zero-order valence-corrected chi connectivity index (χ0v) is 11.4. The maximum atomic E-state index is 12.3. The molecule has 2 N–H and O–H groups in total. The van der Waals surface area contributed by atoms with Gasteiger partial charge in [0, 0.05) is 29.8 Å². The Kier molecular flexibility index (Phi) is 3.79. The zero-order chi connectivity index (χ0) is 12.4. The van der Waals surface area contributed by atoms with Gasteiger partial charge in [0.1, 0.15) is 5.69 Å². The van der Waals surface area contributed by atoms with Crippen molar-refractivity contribution < 1.29 is 4.79 Å². The van der Waals surface area contributed by atoms with E-state index in [4.69, 9.17) is 5.73 Å². The smallest absolute Gasteiger partial charge is 0.273 e. The van der Waals surface area contributed by atoms with E-state index in [0.717, 1.165) is 17.4 Å². The van der Waals surface area contributed by atoms with Gasteiger partial charge in [0.2, 0.25) is 0 Å². The molecule has 2 unspecified atom stereocenters. The first-order valence-electron chi connectivity index (χ1n) is 5.75. The van der Waals surface area contributed by atoms with Crippen molar-refractivity contribution in [1.29, 1.82) is 0 Å². The second-order valence-electron chi connectivity index (χ2n) is 4.51. The van der Waals surface area contributed by atoms with Gasteiger partial charge in [-0.25, -0.2) is 4.98 Å². The summed E-state index contributed by atoms with van der Waals surface area (Å²) in [6, 6.07) is 3.69. The van der Waals surface area contributed by atoms with Crippen molar-refractivity contribution in [3.05, 3.63) is 28.5 Å². The number of nitrogens with zero attached hydrogens (tertiary/aromatic N) is 2. The molecule has 0 bridgehead atoms. The molecule has 1 amide bonds. The number of aromatic nitrogens is 1. The highest BCUT2D eigenvalue weighted by molar-refractivity contribution is 9.10. The summed E-state index contributed by atoms with van der Waals surface area (Å²) in [7, 11) is 0. The van der Waals surface area contributed by atoms with Crippen molar-refractivity contribution >= 4 is 21.8 Å². The summed E-state index contributed by atoms with van der Waals surface area (Å²) in [6.45, 7) is 3.50. The van der Waals surface area contributed by atoms with Crippen LogP contribution in [0.15, 0.2) is 22.8 Å². The fourth-order valence-corrected chi connectivity index (χ4v) is 2.40. The molecule has 0 saturated carbocycles. The lowest BCUT2D eigenvalue weighted by molar-refractivity contribution is 0.0665. The number of pyridine rings is 1. The molecule has 4 nitrogen and oxygen atoms in total. The van der Waals surface area contributed by atoms with Gasteiger partial charge in [0.05, 0.1) is 0 Å². The van der Waals surface area contributed by atoms with Crippen LogP contribution >= 0.6 is 15.9 Å². The average molecular weight is 298 g/mol. The Bertz CT molecular complexity index is 424. The SMILES string of the molecule is CC1CCN(C(=O)c2ncccc2Br)CC1N. The van der Waals surface area contributed by atoms with Gasteiger partial charge in [0.25, 0.3) is 5.91 Å². The number of halogens is 1. The number of hydrogen-bond donors (Lipinski definition) is 1. The van der Waals surface area contributed by atoms with E-state index in [1.165, 1.54) is 0 Å². The Morgan fingerprint density at radius 2 is 2.41 bits per heavy atom. The quantitative estimate of drug-likeness (QED) is 0.857. The number of carbonyl (C=O) groups excluding carboxylic acids is 1. The molecule has 0 radical (unpaired) electrons. The summed E-state index contributed by atoms with van der Waals surface area (Å²) in [5, 5.41) is 0. The van der Waals surface area contributed by atoms with Gasteiger partial charge in [0.15, 0.2) is 0 Å². The van der Waals surface area contributed by atoms with Crippen LogP contribution in [0.4, 0.5) is 0 Å². The van der Waals surface area contributed by atoms with Crippen LogP contribution in [0.1, 0.15) is 23.8 Å². The Morgan fingerprint density at radius 3 is 3.06 bits per heavy atom. The van der Waals surface area contributed by atoms with E-state index < -0.39 is 0 Å². The number of hydrogen-bond acceptors (Lipinski definition) is 3. The van der Waals surface area contributed by atoms with E-state index in [0.29, 0.717) is 18.2 Å². The van der Waals surface area contributed by atoms with Crippen molar-refractivity contribution in [1.82, 2.24) is 9.88 Å². The molecule has 1 fully saturated rings. The molecule has 92 valence electrons. The normalized spacial score (nSPS) is 24.8. The van der Waals surface area contributed by atoms with Crippen LogP contribution in [0.3, 0.4) is 0 Å². The van der Waals surface area contributed by atoms with E-state index in [9.17, 15) is 4.79 Å². The first-order valence-corrected chi connectivity index (χ1v) is 6.54. The van der Waals surface area contributed by atoms with E-state index in [1.807, 2.05) is 6.07 Å². The highest BCUT2D eigenvalue weighted by atomic mass is 79.9. The minimum atomic E-state index is -0.0418. The Balaban J connectivity index is 2.14. The highest BCUT2D eigenvalue weighted by Crippen LogP contribution is 2.20. The second kappa shape index (κ2) is 5.14. The fourth-order valence-electron chi connectivity index (χ4n) is 1.98. The van der Waals surface area contributed by atoms with Gasteiger partial charge in [-0.15, -0.1) is 0 Å². The largest absolute Gasteiger partial charge is 0.336 e. The maximum Gasteiger partial charge on any atom is 0.273 e. The molecule has 2 heterocycles. The fraction of sp³-hybridized carbons (Fsp3) is 0.500. The molecule has 1 aliphatic rings. The number of rotatable bonds is 1. The van der Waals surface area contributed by atoms with Crippen LogP contribution in [-0.2, 0) is 0 Å². The molecular formula is C12H16BrN3O. The van der Waals surface area contributed by atoms with Crippen molar-refractivity contribution in [3.63, 3.8) is 0 Å². The van der Waals surface area contributed by atoms with E-state index >= 15 is 0 Å². The van der Waals surface area contributed by atoms with Crippen LogP contribution in [0.2, 0.25) is 0 Å². The zero-order valence-electron chi connectivity index (χ0n) is 9.77. The van der Waals surface area contributed by atoms with E-state index in [-0.39, 0.29) is 11.9 Å². The predicted molar refractivity (Wildman–Crippen MR) is 69.6 cm³/mol. The van der Waals surface area contributed by atoms with Crippen molar-refractivity contribution in [3.8, 4) is 0 Å². The summed E-state index contributed by atoms with van der Waals surface area (Å²) in [5.74, 6) is 0.436. The van der Waals surface area contributed by atoms with Gasteiger partial charge in [-0.3, -0.25) is 4.79 Å². The molecule has 2 atom stereocenters. The number of carbonyl (C=O) groups is 1. The third-order valence-electron chi connectivity index (χ3n) is 3.26. The lowest BCUT2D eigenvalue weighted by Gasteiger charge is -2.34. The number of amides is 1. The monoisotopic (exact) mass is 297 g/mol. The van der Waals surface area contributed by atoms with Gasteiger partial charge < -0.3 is 10.6 Å². The topological polar surface area (TPSA) is 59.2 Å². The highest BCUT2D eigenvalue weighted by Gasteiger charge is 2.28. The molecular weight excluding hydrogens is 282 g/mol. The molecule has 0 spiro atoms. The first kappa shape index (κ1) is 12.5. The summed E-state index contributed by atoms with van der Waals surface area (Å²) >= 11 is 3.35. The number of piperidine rings is 1. The standard InChI is InChI=1S/C12H16BrN3O/c1-8-4-6-16(7-10(8)14)12(17)11-9(13)3-2-5-15-11/h2-3,5,8,10H,4,6-7,14H2,1H3. The average Bonchev–Trinajstić information content (AvgIpc) is 2.32. The Labute approximate surface area is 109 Å². The molecule has 1 saturated heterocycles. The summed E-state index contributed by atoms with van der Waals surface area (Å²) in [6.07, 6.45) is 2.59. The lowest BCUT2D eigenvalue weighted by atomic mass is 9.94. The van der Waals surface area contributed by atoms with E-state index in [1.54, 1.807) is 17.2 Å². The first-order chi connectivity index (χ1) is 8.09. The van der Waals surface area contributed by atoms with Crippen LogP contribution < -0.4 is 5.73 Å². The van der Waals surface area contributed by atoms with Crippen LogP contribution in [-0.4, -0.2) is 34.9 Å². The molecule has 0 aliphatic carbocycles.